The van der Waals surface area contributed by atoms with E-state index in [-0.39, 0.29) is 11.8 Å². The summed E-state index contributed by atoms with van der Waals surface area (Å²) >= 11 is 0. The maximum atomic E-state index is 12.6. The molecule has 3 rings (SSSR count). The first-order valence-corrected chi connectivity index (χ1v) is 7.40. The van der Waals surface area contributed by atoms with Crippen molar-refractivity contribution in [3.05, 3.63) is 59.7 Å². The third-order valence-corrected chi connectivity index (χ3v) is 3.93. The maximum Gasteiger partial charge on any atom is 0.232 e. The Balaban J connectivity index is 1.84. The molecular formula is C18H19NO2. The average Bonchev–Trinajstić information content (AvgIpc) is 2.54. The third kappa shape index (κ3) is 2.77. The predicted molar refractivity (Wildman–Crippen MR) is 83.7 cm³/mol. The van der Waals surface area contributed by atoms with Crippen LogP contribution in [0.15, 0.2) is 48.5 Å². The monoisotopic (exact) mass is 281 g/mol. The molecular weight excluding hydrogens is 262 g/mol. The van der Waals surface area contributed by atoms with E-state index >= 15 is 0 Å². The normalized spacial score (nSPS) is 16.7. The summed E-state index contributed by atoms with van der Waals surface area (Å²) in [6, 6.07) is 15.7. The van der Waals surface area contributed by atoms with Crippen LogP contribution in [0.25, 0.3) is 0 Å². The number of carbonyl (C=O) groups excluding carboxylic acids is 1. The lowest BCUT2D eigenvalue weighted by atomic mass is 9.92. The van der Waals surface area contributed by atoms with Crippen LogP contribution in [0, 0.1) is 0 Å². The van der Waals surface area contributed by atoms with Crippen molar-refractivity contribution in [3.8, 4) is 5.75 Å². The van der Waals surface area contributed by atoms with Crippen LogP contribution >= 0.6 is 0 Å². The minimum atomic E-state index is -0.139. The molecule has 0 saturated heterocycles. The molecule has 1 unspecified atom stereocenters. The minimum Gasteiger partial charge on any atom is -0.493 e. The molecule has 2 aromatic carbocycles. The van der Waals surface area contributed by atoms with Crippen LogP contribution < -0.4 is 10.1 Å². The van der Waals surface area contributed by atoms with Gasteiger partial charge in [0.05, 0.1) is 12.5 Å². The molecule has 0 bridgehead atoms. The fourth-order valence-electron chi connectivity index (χ4n) is 2.78. The van der Waals surface area contributed by atoms with Crippen LogP contribution in [0.2, 0.25) is 0 Å². The minimum absolute atomic E-state index is 0.0478. The average molecular weight is 281 g/mol. The molecule has 0 aliphatic carbocycles. The van der Waals surface area contributed by atoms with Gasteiger partial charge in [-0.3, -0.25) is 4.79 Å². The van der Waals surface area contributed by atoms with Crippen LogP contribution in [-0.2, 0) is 11.2 Å². The standard InChI is InChI=1S/C18H19NO2/c1-2-13-7-3-5-9-16(13)19-18(20)15-11-12-21-17-10-6-4-8-14(15)17/h3-10,15H,2,11-12H2,1H3,(H,19,20). The van der Waals surface area contributed by atoms with Gasteiger partial charge in [-0.2, -0.15) is 0 Å². The first-order valence-electron chi connectivity index (χ1n) is 7.40. The Morgan fingerprint density at radius 3 is 2.81 bits per heavy atom. The highest BCUT2D eigenvalue weighted by atomic mass is 16.5. The van der Waals surface area contributed by atoms with Gasteiger partial charge in [0.1, 0.15) is 5.75 Å². The molecule has 2 aromatic rings. The summed E-state index contributed by atoms with van der Waals surface area (Å²) < 4.78 is 5.62. The van der Waals surface area contributed by atoms with Crippen molar-refractivity contribution >= 4 is 11.6 Å². The van der Waals surface area contributed by atoms with E-state index in [9.17, 15) is 4.79 Å². The van der Waals surface area contributed by atoms with Crippen molar-refractivity contribution < 1.29 is 9.53 Å². The van der Waals surface area contributed by atoms with Crippen molar-refractivity contribution in [1.29, 1.82) is 0 Å². The molecule has 3 heteroatoms. The third-order valence-electron chi connectivity index (χ3n) is 3.93. The molecule has 108 valence electrons. The van der Waals surface area contributed by atoms with E-state index in [0.717, 1.165) is 35.4 Å². The summed E-state index contributed by atoms with van der Waals surface area (Å²) in [5.74, 6) is 0.735. The van der Waals surface area contributed by atoms with E-state index < -0.39 is 0 Å². The number of benzene rings is 2. The fourth-order valence-corrected chi connectivity index (χ4v) is 2.78. The Morgan fingerprint density at radius 1 is 1.19 bits per heavy atom. The lowest BCUT2D eigenvalue weighted by molar-refractivity contribution is -0.118. The number of aryl methyl sites for hydroxylation is 1. The molecule has 0 spiro atoms. The number of rotatable bonds is 3. The number of amides is 1. The van der Waals surface area contributed by atoms with Gasteiger partial charge in [-0.05, 0) is 30.5 Å². The number of carbonyl (C=O) groups is 1. The Labute approximate surface area is 124 Å². The summed E-state index contributed by atoms with van der Waals surface area (Å²) in [6.07, 6.45) is 1.62. The molecule has 0 saturated carbocycles. The highest BCUT2D eigenvalue weighted by Crippen LogP contribution is 2.34. The van der Waals surface area contributed by atoms with E-state index in [0.29, 0.717) is 6.61 Å². The Morgan fingerprint density at radius 2 is 1.95 bits per heavy atom. The van der Waals surface area contributed by atoms with E-state index in [1.807, 2.05) is 48.5 Å². The number of hydrogen-bond donors (Lipinski definition) is 1. The van der Waals surface area contributed by atoms with Crippen molar-refractivity contribution in [1.82, 2.24) is 0 Å². The predicted octanol–water partition coefficient (Wildman–Crippen LogP) is 3.75. The first-order chi connectivity index (χ1) is 10.3. The van der Waals surface area contributed by atoms with E-state index in [4.69, 9.17) is 4.74 Å². The second kappa shape index (κ2) is 6.00. The van der Waals surface area contributed by atoms with Crippen LogP contribution in [-0.4, -0.2) is 12.5 Å². The van der Waals surface area contributed by atoms with Gasteiger partial charge in [0.25, 0.3) is 0 Å². The van der Waals surface area contributed by atoms with E-state index in [2.05, 4.69) is 12.2 Å². The van der Waals surface area contributed by atoms with Crippen LogP contribution in [0.1, 0.15) is 30.4 Å². The zero-order valence-corrected chi connectivity index (χ0v) is 12.1. The maximum absolute atomic E-state index is 12.6. The zero-order chi connectivity index (χ0) is 14.7. The van der Waals surface area contributed by atoms with Crippen molar-refractivity contribution in [2.75, 3.05) is 11.9 Å². The number of hydrogen-bond acceptors (Lipinski definition) is 2. The van der Waals surface area contributed by atoms with E-state index in [1.54, 1.807) is 0 Å². The lowest BCUT2D eigenvalue weighted by Crippen LogP contribution is -2.26. The number of ether oxygens (including phenoxy) is 1. The largest absolute Gasteiger partial charge is 0.493 e. The molecule has 1 atom stereocenters. The number of anilines is 1. The topological polar surface area (TPSA) is 38.3 Å². The molecule has 1 heterocycles. The molecule has 1 aliphatic rings. The van der Waals surface area contributed by atoms with Crippen LogP contribution in [0.3, 0.4) is 0 Å². The molecule has 0 fully saturated rings. The zero-order valence-electron chi connectivity index (χ0n) is 12.1. The first kappa shape index (κ1) is 13.7. The van der Waals surface area contributed by atoms with Crippen molar-refractivity contribution in [3.63, 3.8) is 0 Å². The molecule has 3 nitrogen and oxygen atoms in total. The second-order valence-corrected chi connectivity index (χ2v) is 5.23. The molecule has 1 N–H and O–H groups in total. The van der Waals surface area contributed by atoms with Gasteiger partial charge in [-0.15, -0.1) is 0 Å². The molecule has 0 aromatic heterocycles. The highest BCUT2D eigenvalue weighted by Gasteiger charge is 2.27. The Bertz CT molecular complexity index is 651. The smallest absolute Gasteiger partial charge is 0.232 e. The van der Waals surface area contributed by atoms with Gasteiger partial charge in [-0.1, -0.05) is 43.3 Å². The second-order valence-electron chi connectivity index (χ2n) is 5.23. The number of nitrogens with one attached hydrogen (secondary N) is 1. The number of fused-ring (bicyclic) bond motifs is 1. The number of para-hydroxylation sites is 2. The van der Waals surface area contributed by atoms with Gasteiger partial charge < -0.3 is 10.1 Å². The van der Waals surface area contributed by atoms with Gasteiger partial charge >= 0.3 is 0 Å². The van der Waals surface area contributed by atoms with Crippen LogP contribution in [0.4, 0.5) is 5.69 Å². The van der Waals surface area contributed by atoms with Gasteiger partial charge in [0.2, 0.25) is 5.91 Å². The summed E-state index contributed by atoms with van der Waals surface area (Å²) in [6.45, 7) is 2.68. The summed E-state index contributed by atoms with van der Waals surface area (Å²) in [7, 11) is 0. The lowest BCUT2D eigenvalue weighted by Gasteiger charge is -2.25. The molecule has 0 radical (unpaired) electrons. The van der Waals surface area contributed by atoms with Gasteiger partial charge in [0.15, 0.2) is 0 Å². The van der Waals surface area contributed by atoms with Gasteiger partial charge in [0, 0.05) is 11.3 Å². The van der Waals surface area contributed by atoms with Crippen molar-refractivity contribution in [2.45, 2.75) is 25.7 Å². The summed E-state index contributed by atoms with van der Waals surface area (Å²) in [5, 5.41) is 3.08. The molecule has 1 aliphatic heterocycles. The highest BCUT2D eigenvalue weighted by molar-refractivity contribution is 5.97. The van der Waals surface area contributed by atoms with Crippen LogP contribution in [0.5, 0.6) is 5.75 Å². The molecule has 21 heavy (non-hydrogen) atoms. The van der Waals surface area contributed by atoms with Crippen molar-refractivity contribution in [2.24, 2.45) is 0 Å². The Kier molecular flexibility index (Phi) is 3.91. The van der Waals surface area contributed by atoms with Gasteiger partial charge in [-0.25, -0.2) is 0 Å². The molecule has 1 amide bonds. The Hall–Kier alpha value is -2.29. The summed E-state index contributed by atoms with van der Waals surface area (Å²) in [5.41, 5.74) is 3.05. The van der Waals surface area contributed by atoms with E-state index in [1.165, 1.54) is 0 Å². The SMILES string of the molecule is CCc1ccccc1NC(=O)C1CCOc2ccccc21. The quantitative estimate of drug-likeness (QED) is 0.930. The summed E-state index contributed by atoms with van der Waals surface area (Å²) in [4.78, 5) is 12.6. The fraction of sp³-hybridized carbons (Fsp3) is 0.278.